The number of hydrogen-bond acceptors (Lipinski definition) is 5. The fraction of sp³-hybridized carbons (Fsp3) is 0.727. The van der Waals surface area contributed by atoms with E-state index in [9.17, 15) is 0 Å². The number of nitrogens with zero attached hydrogens (tertiary/aromatic N) is 3. The number of hydrogen-bond donors (Lipinski definition) is 1. The molecule has 1 N–H and O–H groups in total. The molecule has 2 aliphatic heterocycles. The average molecular weight is 238 g/mol. The fourth-order valence-electron chi connectivity index (χ4n) is 2.30. The van der Waals surface area contributed by atoms with E-state index >= 15 is 0 Å². The molecule has 3 heterocycles. The zero-order chi connectivity index (χ0) is 11.0. The van der Waals surface area contributed by atoms with Gasteiger partial charge in [-0.2, -0.15) is 0 Å². The summed E-state index contributed by atoms with van der Waals surface area (Å²) < 4.78 is 0. The van der Waals surface area contributed by atoms with Gasteiger partial charge >= 0.3 is 0 Å². The van der Waals surface area contributed by atoms with Crippen LogP contribution in [0.25, 0.3) is 0 Å². The third-order valence-corrected chi connectivity index (χ3v) is 4.49. The lowest BCUT2D eigenvalue weighted by Crippen LogP contribution is -2.61. The van der Waals surface area contributed by atoms with Gasteiger partial charge in [0.15, 0.2) is 5.13 Å². The first-order chi connectivity index (χ1) is 7.83. The van der Waals surface area contributed by atoms with Gasteiger partial charge in [-0.1, -0.05) is 0 Å². The Morgan fingerprint density at radius 2 is 2.06 bits per heavy atom. The molecule has 0 unspecified atom stereocenters. The monoisotopic (exact) mass is 238 g/mol. The van der Waals surface area contributed by atoms with Gasteiger partial charge in [0.2, 0.25) is 0 Å². The average Bonchev–Trinajstić information content (AvgIpc) is 2.63. The highest BCUT2D eigenvalue weighted by molar-refractivity contribution is 7.13. The topological polar surface area (TPSA) is 31.4 Å². The molecule has 88 valence electrons. The maximum absolute atomic E-state index is 4.55. The highest BCUT2D eigenvalue weighted by Crippen LogP contribution is 2.22. The molecule has 0 spiro atoms. The molecule has 0 amide bonds. The van der Waals surface area contributed by atoms with Crippen LogP contribution in [-0.4, -0.2) is 55.2 Å². The summed E-state index contributed by atoms with van der Waals surface area (Å²) in [5.74, 6) is 0. The second-order valence-corrected chi connectivity index (χ2v) is 5.44. The number of piperazine rings is 1. The Balaban J connectivity index is 1.57. The Morgan fingerprint density at radius 3 is 2.56 bits per heavy atom. The largest absolute Gasteiger partial charge is 0.346 e. The highest BCUT2D eigenvalue weighted by Gasteiger charge is 2.28. The number of aromatic nitrogens is 1. The van der Waals surface area contributed by atoms with E-state index in [1.54, 1.807) is 11.3 Å². The van der Waals surface area contributed by atoms with Crippen molar-refractivity contribution in [3.05, 3.63) is 11.1 Å². The molecule has 0 saturated carbocycles. The highest BCUT2D eigenvalue weighted by atomic mass is 32.1. The maximum Gasteiger partial charge on any atom is 0.185 e. The van der Waals surface area contributed by atoms with E-state index in [1.165, 1.54) is 31.3 Å². The lowest BCUT2D eigenvalue weighted by Gasteiger charge is -2.43. The predicted molar refractivity (Wildman–Crippen MR) is 67.3 cm³/mol. The lowest BCUT2D eigenvalue weighted by molar-refractivity contribution is 0.138. The van der Waals surface area contributed by atoms with Gasteiger partial charge < -0.3 is 10.2 Å². The van der Waals surface area contributed by atoms with E-state index in [1.807, 2.05) is 0 Å². The molecule has 2 saturated heterocycles. The van der Waals surface area contributed by atoms with Crippen molar-refractivity contribution >= 4 is 16.5 Å². The molecule has 0 aliphatic carbocycles. The molecule has 1 aromatic rings. The Morgan fingerprint density at radius 1 is 1.31 bits per heavy atom. The molecule has 3 rings (SSSR count). The molecule has 0 bridgehead atoms. The number of rotatable bonds is 2. The van der Waals surface area contributed by atoms with E-state index < -0.39 is 0 Å². The summed E-state index contributed by atoms with van der Waals surface area (Å²) in [6.07, 6.45) is 0. The van der Waals surface area contributed by atoms with Crippen molar-refractivity contribution in [1.29, 1.82) is 0 Å². The van der Waals surface area contributed by atoms with Crippen LogP contribution in [0.15, 0.2) is 5.38 Å². The Labute approximate surface area is 100 Å². The fourth-order valence-corrected chi connectivity index (χ4v) is 3.15. The van der Waals surface area contributed by atoms with Gasteiger partial charge in [0.1, 0.15) is 0 Å². The minimum atomic E-state index is 0.792. The van der Waals surface area contributed by atoms with Crippen LogP contribution in [0.5, 0.6) is 0 Å². The molecule has 0 aromatic carbocycles. The summed E-state index contributed by atoms with van der Waals surface area (Å²) in [5, 5.41) is 6.67. The molecule has 1 aromatic heterocycles. The van der Waals surface area contributed by atoms with Gasteiger partial charge in [0, 0.05) is 50.7 Å². The second-order valence-electron chi connectivity index (χ2n) is 4.61. The van der Waals surface area contributed by atoms with Crippen molar-refractivity contribution in [1.82, 2.24) is 15.2 Å². The van der Waals surface area contributed by atoms with Crippen molar-refractivity contribution in [2.24, 2.45) is 0 Å². The van der Waals surface area contributed by atoms with E-state index in [0.717, 1.165) is 24.8 Å². The number of thiazole rings is 1. The maximum atomic E-state index is 4.55. The second kappa shape index (κ2) is 4.31. The first kappa shape index (κ1) is 10.5. The molecule has 5 heteroatoms. The first-order valence-corrected chi connectivity index (χ1v) is 6.83. The van der Waals surface area contributed by atoms with Crippen molar-refractivity contribution in [3.63, 3.8) is 0 Å². The number of aryl methyl sites for hydroxylation is 1. The lowest BCUT2D eigenvalue weighted by atomic mass is 10.1. The Bertz CT molecular complexity index is 353. The Hall–Kier alpha value is -0.650. The third-order valence-electron chi connectivity index (χ3n) is 3.47. The summed E-state index contributed by atoms with van der Waals surface area (Å²) in [5.41, 5.74) is 1.14. The van der Waals surface area contributed by atoms with E-state index in [2.05, 4.69) is 32.4 Å². The van der Waals surface area contributed by atoms with Gasteiger partial charge in [0.25, 0.3) is 0 Å². The molecular formula is C11H18N4S. The van der Waals surface area contributed by atoms with Crippen LogP contribution in [0.2, 0.25) is 0 Å². The van der Waals surface area contributed by atoms with Crippen LogP contribution in [0.3, 0.4) is 0 Å². The smallest absolute Gasteiger partial charge is 0.185 e. The summed E-state index contributed by atoms with van der Waals surface area (Å²) in [6, 6.07) is 0.792. The van der Waals surface area contributed by atoms with Gasteiger partial charge in [-0.05, 0) is 6.92 Å². The summed E-state index contributed by atoms with van der Waals surface area (Å²) in [4.78, 5) is 9.57. The molecular weight excluding hydrogens is 220 g/mol. The van der Waals surface area contributed by atoms with Gasteiger partial charge in [-0.15, -0.1) is 11.3 Å². The van der Waals surface area contributed by atoms with Crippen molar-refractivity contribution in [3.8, 4) is 0 Å². The van der Waals surface area contributed by atoms with Crippen LogP contribution >= 0.6 is 11.3 Å². The minimum Gasteiger partial charge on any atom is -0.346 e. The summed E-state index contributed by atoms with van der Waals surface area (Å²) in [7, 11) is 0. The van der Waals surface area contributed by atoms with Gasteiger partial charge in [-0.25, -0.2) is 4.98 Å². The summed E-state index contributed by atoms with van der Waals surface area (Å²) >= 11 is 1.77. The molecule has 0 atom stereocenters. The molecule has 2 fully saturated rings. The van der Waals surface area contributed by atoms with Crippen LogP contribution in [-0.2, 0) is 0 Å². The number of anilines is 1. The summed E-state index contributed by atoms with van der Waals surface area (Å²) in [6.45, 7) is 9.05. The zero-order valence-corrected chi connectivity index (χ0v) is 10.5. The van der Waals surface area contributed by atoms with Crippen LogP contribution < -0.4 is 10.2 Å². The van der Waals surface area contributed by atoms with Gasteiger partial charge in [0.05, 0.1) is 5.69 Å². The van der Waals surface area contributed by atoms with Crippen molar-refractivity contribution in [2.45, 2.75) is 13.0 Å². The molecule has 2 aliphatic rings. The molecule has 4 nitrogen and oxygen atoms in total. The van der Waals surface area contributed by atoms with Gasteiger partial charge in [-0.3, -0.25) is 4.90 Å². The minimum absolute atomic E-state index is 0.792. The quantitative estimate of drug-likeness (QED) is 0.815. The Kier molecular flexibility index (Phi) is 2.83. The van der Waals surface area contributed by atoms with Crippen molar-refractivity contribution in [2.75, 3.05) is 44.2 Å². The zero-order valence-electron chi connectivity index (χ0n) is 9.65. The van der Waals surface area contributed by atoms with E-state index in [-0.39, 0.29) is 0 Å². The molecule has 16 heavy (non-hydrogen) atoms. The van der Waals surface area contributed by atoms with Crippen LogP contribution in [0.1, 0.15) is 5.69 Å². The predicted octanol–water partition coefficient (Wildman–Crippen LogP) is 0.545. The first-order valence-electron chi connectivity index (χ1n) is 5.95. The molecule has 0 radical (unpaired) electrons. The van der Waals surface area contributed by atoms with Crippen molar-refractivity contribution < 1.29 is 0 Å². The van der Waals surface area contributed by atoms with E-state index in [0.29, 0.717) is 0 Å². The SMILES string of the molecule is Cc1csc(N2CCN(C3CNC3)CC2)n1. The third kappa shape index (κ3) is 1.95. The van der Waals surface area contributed by atoms with Crippen LogP contribution in [0.4, 0.5) is 5.13 Å². The van der Waals surface area contributed by atoms with Crippen LogP contribution in [0, 0.1) is 6.92 Å². The standard InChI is InChI=1S/C11H18N4S/c1-9-8-16-11(13-9)15-4-2-14(3-5-15)10-6-12-7-10/h8,10,12H,2-7H2,1H3. The number of nitrogens with one attached hydrogen (secondary N) is 1. The van der Waals surface area contributed by atoms with E-state index in [4.69, 9.17) is 0 Å². The normalized spacial score (nSPS) is 23.4.